The van der Waals surface area contributed by atoms with Crippen molar-refractivity contribution in [2.24, 2.45) is 0 Å². The third-order valence-electron chi connectivity index (χ3n) is 2.12. The zero-order chi connectivity index (χ0) is 9.26. The predicted molar refractivity (Wildman–Crippen MR) is 48.4 cm³/mol. The van der Waals surface area contributed by atoms with Crippen molar-refractivity contribution in [3.8, 4) is 0 Å². The third kappa shape index (κ3) is 1.64. The number of benzene rings is 1. The van der Waals surface area contributed by atoms with Crippen molar-refractivity contribution in [1.29, 1.82) is 0 Å². The first-order valence-electron chi connectivity index (χ1n) is 4.25. The van der Waals surface area contributed by atoms with E-state index >= 15 is 0 Å². The van der Waals surface area contributed by atoms with Crippen LogP contribution >= 0.6 is 0 Å². The number of hydrogen-bond donors (Lipinski definition) is 1. The minimum Gasteiger partial charge on any atom is -0.447 e. The van der Waals surface area contributed by atoms with Gasteiger partial charge in [-0.05, 0) is 12.5 Å². The van der Waals surface area contributed by atoms with Crippen LogP contribution in [0.2, 0.25) is 0 Å². The standard InChI is InChI=1S/C10H11NO2/c1-7-3-2-4-8(5-7)9-6-13-10(12)11-9/h2-5,9H,6H2,1H3,(H,11,12). The monoisotopic (exact) mass is 177 g/mol. The lowest BCUT2D eigenvalue weighted by Gasteiger charge is -2.07. The lowest BCUT2D eigenvalue weighted by atomic mass is 10.1. The summed E-state index contributed by atoms with van der Waals surface area (Å²) < 4.78 is 4.81. The van der Waals surface area contributed by atoms with Gasteiger partial charge in [0.2, 0.25) is 0 Å². The second-order valence-electron chi connectivity index (χ2n) is 3.21. The summed E-state index contributed by atoms with van der Waals surface area (Å²) in [5, 5.41) is 2.74. The van der Waals surface area contributed by atoms with E-state index in [2.05, 4.69) is 11.4 Å². The van der Waals surface area contributed by atoms with E-state index < -0.39 is 0 Å². The summed E-state index contributed by atoms with van der Waals surface area (Å²) >= 11 is 0. The van der Waals surface area contributed by atoms with Gasteiger partial charge in [0, 0.05) is 0 Å². The maximum atomic E-state index is 10.8. The number of carbonyl (C=O) groups is 1. The first-order chi connectivity index (χ1) is 6.25. The number of cyclic esters (lactones) is 1. The molecule has 0 aromatic heterocycles. The van der Waals surface area contributed by atoms with E-state index in [0.29, 0.717) is 6.61 Å². The molecule has 2 rings (SSSR count). The molecule has 1 fully saturated rings. The van der Waals surface area contributed by atoms with Crippen LogP contribution in [0.3, 0.4) is 0 Å². The molecule has 3 heteroatoms. The zero-order valence-corrected chi connectivity index (χ0v) is 7.41. The Morgan fingerprint density at radius 1 is 1.54 bits per heavy atom. The van der Waals surface area contributed by atoms with Crippen molar-refractivity contribution in [3.63, 3.8) is 0 Å². The molecule has 1 aliphatic rings. The van der Waals surface area contributed by atoms with Crippen LogP contribution in [-0.2, 0) is 4.74 Å². The summed E-state index contributed by atoms with van der Waals surface area (Å²) in [6.45, 7) is 2.46. The van der Waals surface area contributed by atoms with Crippen molar-refractivity contribution in [2.45, 2.75) is 13.0 Å². The molecule has 1 heterocycles. The molecule has 1 aromatic carbocycles. The lowest BCUT2D eigenvalue weighted by molar-refractivity contribution is 0.177. The molecule has 1 aromatic rings. The predicted octanol–water partition coefficient (Wildman–Crippen LogP) is 1.78. The molecule has 68 valence electrons. The van der Waals surface area contributed by atoms with Gasteiger partial charge in [-0.25, -0.2) is 4.79 Å². The molecular formula is C10H11NO2. The summed E-state index contributed by atoms with van der Waals surface area (Å²) in [7, 11) is 0. The molecule has 1 amide bonds. The number of hydrogen-bond acceptors (Lipinski definition) is 2. The quantitative estimate of drug-likeness (QED) is 0.710. The smallest absolute Gasteiger partial charge is 0.407 e. The van der Waals surface area contributed by atoms with Gasteiger partial charge in [-0.15, -0.1) is 0 Å². The van der Waals surface area contributed by atoms with Gasteiger partial charge >= 0.3 is 6.09 Å². The lowest BCUT2D eigenvalue weighted by Crippen LogP contribution is -2.18. The number of aryl methyl sites for hydroxylation is 1. The van der Waals surface area contributed by atoms with Gasteiger partial charge in [0.1, 0.15) is 6.61 Å². The van der Waals surface area contributed by atoms with Crippen LogP contribution in [-0.4, -0.2) is 12.7 Å². The normalized spacial score (nSPS) is 21.0. The van der Waals surface area contributed by atoms with Crippen molar-refractivity contribution >= 4 is 6.09 Å². The Hall–Kier alpha value is -1.51. The molecule has 0 aliphatic carbocycles. The Labute approximate surface area is 76.7 Å². The van der Waals surface area contributed by atoms with Crippen molar-refractivity contribution in [1.82, 2.24) is 5.32 Å². The highest BCUT2D eigenvalue weighted by Gasteiger charge is 2.23. The van der Waals surface area contributed by atoms with Crippen LogP contribution in [0.1, 0.15) is 17.2 Å². The van der Waals surface area contributed by atoms with Gasteiger partial charge in [0.25, 0.3) is 0 Å². The highest BCUT2D eigenvalue weighted by molar-refractivity contribution is 5.70. The Morgan fingerprint density at radius 3 is 3.00 bits per heavy atom. The van der Waals surface area contributed by atoms with Gasteiger partial charge < -0.3 is 10.1 Å². The van der Waals surface area contributed by atoms with E-state index in [1.165, 1.54) is 5.56 Å². The van der Waals surface area contributed by atoms with Gasteiger partial charge in [-0.2, -0.15) is 0 Å². The summed E-state index contributed by atoms with van der Waals surface area (Å²) in [6.07, 6.45) is -0.327. The number of rotatable bonds is 1. The first-order valence-corrected chi connectivity index (χ1v) is 4.25. The number of alkyl carbamates (subject to hydrolysis) is 1. The van der Waals surface area contributed by atoms with Crippen LogP contribution in [0, 0.1) is 6.92 Å². The van der Waals surface area contributed by atoms with Crippen LogP contribution in [0.5, 0.6) is 0 Å². The first kappa shape index (κ1) is 8.10. The van der Waals surface area contributed by atoms with Crippen LogP contribution in [0.15, 0.2) is 24.3 Å². The van der Waals surface area contributed by atoms with E-state index in [-0.39, 0.29) is 12.1 Å². The maximum absolute atomic E-state index is 10.8. The van der Waals surface area contributed by atoms with E-state index in [9.17, 15) is 4.79 Å². The van der Waals surface area contributed by atoms with Crippen LogP contribution in [0.4, 0.5) is 4.79 Å². The highest BCUT2D eigenvalue weighted by Crippen LogP contribution is 2.18. The molecule has 0 spiro atoms. The summed E-state index contributed by atoms with van der Waals surface area (Å²) in [6, 6.07) is 8.08. The minimum atomic E-state index is -0.327. The number of nitrogens with one attached hydrogen (secondary N) is 1. The molecule has 1 unspecified atom stereocenters. The van der Waals surface area contributed by atoms with Gasteiger partial charge in [0.05, 0.1) is 6.04 Å². The molecule has 1 N–H and O–H groups in total. The average molecular weight is 177 g/mol. The second-order valence-corrected chi connectivity index (χ2v) is 3.21. The fraction of sp³-hybridized carbons (Fsp3) is 0.300. The summed E-state index contributed by atoms with van der Waals surface area (Å²) in [5.74, 6) is 0. The fourth-order valence-electron chi connectivity index (χ4n) is 1.45. The molecular weight excluding hydrogens is 166 g/mol. The number of carbonyl (C=O) groups excluding carboxylic acids is 1. The SMILES string of the molecule is Cc1cccc(C2COC(=O)N2)c1. The van der Waals surface area contributed by atoms with Crippen LogP contribution < -0.4 is 5.32 Å². The number of amides is 1. The highest BCUT2D eigenvalue weighted by atomic mass is 16.6. The Morgan fingerprint density at radius 2 is 2.38 bits per heavy atom. The molecule has 13 heavy (non-hydrogen) atoms. The van der Waals surface area contributed by atoms with Gasteiger partial charge in [0.15, 0.2) is 0 Å². The number of ether oxygens (including phenoxy) is 1. The molecule has 1 saturated heterocycles. The third-order valence-corrected chi connectivity index (χ3v) is 2.12. The van der Waals surface area contributed by atoms with Crippen LogP contribution in [0.25, 0.3) is 0 Å². The molecule has 0 bridgehead atoms. The van der Waals surface area contributed by atoms with Crippen molar-refractivity contribution in [2.75, 3.05) is 6.61 Å². The van der Waals surface area contributed by atoms with Gasteiger partial charge in [-0.1, -0.05) is 29.8 Å². The molecule has 1 aliphatic heterocycles. The molecule has 1 atom stereocenters. The Balaban J connectivity index is 2.21. The summed E-state index contributed by atoms with van der Waals surface area (Å²) in [4.78, 5) is 10.8. The fourth-order valence-corrected chi connectivity index (χ4v) is 1.45. The van der Waals surface area contributed by atoms with E-state index in [4.69, 9.17) is 4.74 Å². The molecule has 3 nitrogen and oxygen atoms in total. The molecule has 0 saturated carbocycles. The van der Waals surface area contributed by atoms with Crippen molar-refractivity contribution < 1.29 is 9.53 Å². The Bertz CT molecular complexity index is 335. The van der Waals surface area contributed by atoms with Gasteiger partial charge in [-0.3, -0.25) is 0 Å². The topological polar surface area (TPSA) is 38.3 Å². The molecule has 0 radical (unpaired) electrons. The Kier molecular flexibility index (Phi) is 1.93. The summed E-state index contributed by atoms with van der Waals surface area (Å²) in [5.41, 5.74) is 2.30. The maximum Gasteiger partial charge on any atom is 0.407 e. The second kappa shape index (κ2) is 3.09. The largest absolute Gasteiger partial charge is 0.447 e. The van der Waals surface area contributed by atoms with E-state index in [0.717, 1.165) is 5.56 Å². The van der Waals surface area contributed by atoms with Crippen molar-refractivity contribution in [3.05, 3.63) is 35.4 Å². The minimum absolute atomic E-state index is 0.0207. The van der Waals surface area contributed by atoms with E-state index in [1.54, 1.807) is 0 Å². The van der Waals surface area contributed by atoms with E-state index in [1.807, 2.05) is 25.1 Å². The zero-order valence-electron chi connectivity index (χ0n) is 7.41. The average Bonchev–Trinajstić information content (AvgIpc) is 2.52.